The molecule has 1 aromatic rings. The Bertz CT molecular complexity index is 447. The van der Waals surface area contributed by atoms with Crippen molar-refractivity contribution in [3.05, 3.63) is 35.4 Å². The quantitative estimate of drug-likeness (QED) is 0.831. The van der Waals surface area contributed by atoms with Crippen molar-refractivity contribution in [2.45, 2.75) is 45.3 Å². The van der Waals surface area contributed by atoms with Crippen molar-refractivity contribution in [2.75, 3.05) is 6.61 Å². The zero-order chi connectivity index (χ0) is 14.7. The normalized spacial score (nSPS) is 12.5. The highest BCUT2D eigenvalue weighted by atomic mass is 28.4. The van der Waals surface area contributed by atoms with Crippen LogP contribution in [0.4, 0.5) is 0 Å². The molecule has 0 heterocycles. The van der Waals surface area contributed by atoms with Gasteiger partial charge >= 0.3 is 5.97 Å². The molecule has 0 amide bonds. The van der Waals surface area contributed by atoms with E-state index in [1.165, 1.54) is 0 Å². The summed E-state index contributed by atoms with van der Waals surface area (Å²) < 4.78 is 6.09. The van der Waals surface area contributed by atoms with Crippen LogP contribution >= 0.6 is 0 Å². The van der Waals surface area contributed by atoms with Crippen molar-refractivity contribution >= 4 is 14.3 Å². The molecule has 0 unspecified atom stereocenters. The van der Waals surface area contributed by atoms with Gasteiger partial charge in [0.1, 0.15) is 0 Å². The number of benzene rings is 1. The van der Waals surface area contributed by atoms with Gasteiger partial charge < -0.3 is 9.53 Å². The molecule has 0 saturated carbocycles. The zero-order valence-electron chi connectivity index (χ0n) is 12.5. The molecule has 106 valence electrons. The molecule has 0 aliphatic carbocycles. The van der Waals surface area contributed by atoms with Gasteiger partial charge in [0, 0.05) is 6.61 Å². The average molecular weight is 280 g/mol. The Hall–Kier alpha value is -1.13. The monoisotopic (exact) mass is 280 g/mol. The molecule has 19 heavy (non-hydrogen) atoms. The lowest BCUT2D eigenvalue weighted by atomic mass is 10.1. The number of carbonyl (C=O) groups is 1. The van der Waals surface area contributed by atoms with E-state index in [0.717, 1.165) is 12.0 Å². The highest BCUT2D eigenvalue weighted by Crippen LogP contribution is 2.36. The second kappa shape index (κ2) is 5.88. The Morgan fingerprint density at radius 2 is 1.95 bits per heavy atom. The number of hydrogen-bond donors (Lipinski definition) is 1. The van der Waals surface area contributed by atoms with Crippen molar-refractivity contribution < 1.29 is 14.3 Å². The fraction of sp³-hybridized carbons (Fsp3) is 0.533. The summed E-state index contributed by atoms with van der Waals surface area (Å²) in [6.45, 7) is 11.7. The second-order valence-electron chi connectivity index (χ2n) is 6.36. The van der Waals surface area contributed by atoms with E-state index in [1.54, 1.807) is 18.2 Å². The topological polar surface area (TPSA) is 46.5 Å². The SMILES string of the molecule is CC(C)(C)[Si](C)(C)OCCc1cccc(C(=O)O)c1. The summed E-state index contributed by atoms with van der Waals surface area (Å²) in [5.74, 6) is -0.882. The van der Waals surface area contributed by atoms with Crippen LogP contribution in [0.25, 0.3) is 0 Å². The van der Waals surface area contributed by atoms with E-state index in [2.05, 4.69) is 33.9 Å². The Balaban J connectivity index is 2.59. The van der Waals surface area contributed by atoms with Crippen LogP contribution in [0.2, 0.25) is 18.1 Å². The lowest BCUT2D eigenvalue weighted by Gasteiger charge is -2.36. The summed E-state index contributed by atoms with van der Waals surface area (Å²) in [7, 11) is -1.71. The number of aromatic carboxylic acids is 1. The molecule has 1 aromatic carbocycles. The Labute approximate surface area is 116 Å². The van der Waals surface area contributed by atoms with Gasteiger partial charge in [-0.25, -0.2) is 4.79 Å². The van der Waals surface area contributed by atoms with E-state index in [9.17, 15) is 4.79 Å². The van der Waals surface area contributed by atoms with Crippen LogP contribution in [0.1, 0.15) is 36.7 Å². The standard InChI is InChI=1S/C15H24O3Si/c1-15(2,3)19(4,5)18-10-9-12-7-6-8-13(11-12)14(16)17/h6-8,11H,9-10H2,1-5H3,(H,16,17). The summed E-state index contributed by atoms with van der Waals surface area (Å²) >= 11 is 0. The predicted octanol–water partition coefficient (Wildman–Crippen LogP) is 3.95. The van der Waals surface area contributed by atoms with Gasteiger partial charge in [0.05, 0.1) is 5.56 Å². The zero-order valence-corrected chi connectivity index (χ0v) is 13.5. The summed E-state index contributed by atoms with van der Waals surface area (Å²) in [5, 5.41) is 9.15. The highest BCUT2D eigenvalue weighted by molar-refractivity contribution is 6.74. The molecule has 0 aliphatic rings. The average Bonchev–Trinajstić information content (AvgIpc) is 2.27. The van der Waals surface area contributed by atoms with Crippen molar-refractivity contribution in [1.82, 2.24) is 0 Å². The molecular formula is C15H24O3Si. The Morgan fingerprint density at radius 3 is 2.47 bits per heavy atom. The number of carboxylic acids is 1. The molecule has 1 N–H and O–H groups in total. The van der Waals surface area contributed by atoms with Gasteiger partial charge in [-0.15, -0.1) is 0 Å². The minimum atomic E-state index is -1.71. The molecule has 0 aromatic heterocycles. The van der Waals surface area contributed by atoms with E-state index in [1.807, 2.05) is 6.07 Å². The maximum absolute atomic E-state index is 10.9. The molecule has 0 saturated heterocycles. The van der Waals surface area contributed by atoms with Crippen molar-refractivity contribution in [3.63, 3.8) is 0 Å². The third kappa shape index (κ3) is 4.47. The van der Waals surface area contributed by atoms with Crippen LogP contribution in [-0.4, -0.2) is 26.0 Å². The van der Waals surface area contributed by atoms with E-state index < -0.39 is 14.3 Å². The van der Waals surface area contributed by atoms with Gasteiger partial charge in [0.2, 0.25) is 0 Å². The first-order valence-corrected chi connectivity index (χ1v) is 9.50. The number of rotatable bonds is 5. The maximum atomic E-state index is 10.9. The second-order valence-corrected chi connectivity index (χ2v) is 11.2. The molecule has 3 nitrogen and oxygen atoms in total. The Morgan fingerprint density at radius 1 is 1.32 bits per heavy atom. The van der Waals surface area contributed by atoms with Crippen LogP contribution in [0.3, 0.4) is 0 Å². The number of hydrogen-bond acceptors (Lipinski definition) is 2. The summed E-state index contributed by atoms with van der Waals surface area (Å²) in [6.07, 6.45) is 0.758. The smallest absolute Gasteiger partial charge is 0.335 e. The molecular weight excluding hydrogens is 256 g/mol. The van der Waals surface area contributed by atoms with Crippen molar-refractivity contribution in [2.24, 2.45) is 0 Å². The minimum Gasteiger partial charge on any atom is -0.478 e. The number of carboxylic acid groups (broad SMARTS) is 1. The van der Waals surface area contributed by atoms with Crippen LogP contribution in [0, 0.1) is 0 Å². The fourth-order valence-corrected chi connectivity index (χ4v) is 2.55. The third-order valence-electron chi connectivity index (χ3n) is 3.83. The lowest BCUT2D eigenvalue weighted by Crippen LogP contribution is -2.41. The first-order valence-electron chi connectivity index (χ1n) is 6.60. The van der Waals surface area contributed by atoms with Crippen LogP contribution in [0.15, 0.2) is 24.3 Å². The first-order chi connectivity index (χ1) is 8.63. The van der Waals surface area contributed by atoms with E-state index in [4.69, 9.17) is 9.53 Å². The molecule has 0 aliphatic heterocycles. The molecule has 4 heteroatoms. The summed E-state index contributed by atoms with van der Waals surface area (Å²) in [6, 6.07) is 7.06. The molecule has 0 atom stereocenters. The minimum absolute atomic E-state index is 0.204. The van der Waals surface area contributed by atoms with Crippen LogP contribution in [0.5, 0.6) is 0 Å². The molecule has 0 spiro atoms. The molecule has 0 fully saturated rings. The lowest BCUT2D eigenvalue weighted by molar-refractivity contribution is 0.0696. The molecule has 0 bridgehead atoms. The van der Waals surface area contributed by atoms with Gasteiger partial charge in [-0.1, -0.05) is 32.9 Å². The van der Waals surface area contributed by atoms with E-state index in [0.29, 0.717) is 12.2 Å². The maximum Gasteiger partial charge on any atom is 0.335 e. The van der Waals surface area contributed by atoms with Crippen LogP contribution < -0.4 is 0 Å². The van der Waals surface area contributed by atoms with Gasteiger partial charge in [-0.2, -0.15) is 0 Å². The highest BCUT2D eigenvalue weighted by Gasteiger charge is 2.36. The summed E-state index contributed by atoms with van der Waals surface area (Å²) in [4.78, 5) is 10.9. The summed E-state index contributed by atoms with van der Waals surface area (Å²) in [5.41, 5.74) is 1.35. The first kappa shape index (κ1) is 15.9. The van der Waals surface area contributed by atoms with Gasteiger partial charge in [0.15, 0.2) is 8.32 Å². The van der Waals surface area contributed by atoms with Crippen LogP contribution in [-0.2, 0) is 10.8 Å². The predicted molar refractivity (Wildman–Crippen MR) is 80.3 cm³/mol. The molecule has 0 radical (unpaired) electrons. The van der Waals surface area contributed by atoms with E-state index >= 15 is 0 Å². The van der Waals surface area contributed by atoms with Crippen molar-refractivity contribution in [1.29, 1.82) is 0 Å². The fourth-order valence-electron chi connectivity index (χ4n) is 1.50. The Kier molecular flexibility index (Phi) is 4.93. The largest absolute Gasteiger partial charge is 0.478 e. The van der Waals surface area contributed by atoms with Gasteiger partial charge in [-0.05, 0) is 42.2 Å². The molecule has 1 rings (SSSR count). The van der Waals surface area contributed by atoms with Crippen molar-refractivity contribution in [3.8, 4) is 0 Å². The third-order valence-corrected chi connectivity index (χ3v) is 8.37. The van der Waals surface area contributed by atoms with Gasteiger partial charge in [-0.3, -0.25) is 0 Å². The van der Waals surface area contributed by atoms with E-state index in [-0.39, 0.29) is 5.04 Å². The van der Waals surface area contributed by atoms with Gasteiger partial charge in [0.25, 0.3) is 0 Å².